The van der Waals surface area contributed by atoms with Crippen LogP contribution in [0.15, 0.2) is 28.4 Å². The second-order valence-electron chi connectivity index (χ2n) is 5.27. The van der Waals surface area contributed by atoms with Crippen molar-refractivity contribution in [2.24, 2.45) is 10.2 Å². The number of rotatable bonds is 8. The standard InChI is InChI=1S/C16H16FN3O3/c1-2-3-7-16(19-20-16)8-6-14(21)18-10-12-5-4-11(15(22)23)9-13(12)17/h1,4-5,9H,3,6-8,10H2,(H,18,21)(H,22,23). The molecule has 1 amide bonds. The number of benzene rings is 1. The summed E-state index contributed by atoms with van der Waals surface area (Å²) in [5.74, 6) is 0.402. The molecule has 1 aliphatic rings. The van der Waals surface area contributed by atoms with Gasteiger partial charge in [0.2, 0.25) is 5.91 Å². The third-order valence-electron chi connectivity index (χ3n) is 3.58. The number of carbonyl (C=O) groups excluding carboxylic acids is 1. The Morgan fingerprint density at radius 2 is 2.09 bits per heavy atom. The van der Waals surface area contributed by atoms with E-state index in [2.05, 4.69) is 21.5 Å². The van der Waals surface area contributed by atoms with Crippen LogP contribution in [0, 0.1) is 18.2 Å². The fraction of sp³-hybridized carbons (Fsp3) is 0.375. The lowest BCUT2D eigenvalue weighted by atomic mass is 10.0. The van der Waals surface area contributed by atoms with E-state index < -0.39 is 17.4 Å². The second kappa shape index (κ2) is 7.01. The molecule has 0 aromatic heterocycles. The molecule has 1 aromatic carbocycles. The molecule has 0 aliphatic carbocycles. The van der Waals surface area contributed by atoms with E-state index in [1.807, 2.05) is 0 Å². The summed E-state index contributed by atoms with van der Waals surface area (Å²) < 4.78 is 13.7. The highest BCUT2D eigenvalue weighted by Crippen LogP contribution is 2.37. The van der Waals surface area contributed by atoms with E-state index in [1.165, 1.54) is 12.1 Å². The molecule has 0 bridgehead atoms. The zero-order chi connectivity index (χ0) is 16.9. The van der Waals surface area contributed by atoms with Gasteiger partial charge in [0, 0.05) is 37.8 Å². The highest BCUT2D eigenvalue weighted by atomic mass is 19.1. The van der Waals surface area contributed by atoms with E-state index in [0.29, 0.717) is 19.3 Å². The summed E-state index contributed by atoms with van der Waals surface area (Å²) >= 11 is 0. The SMILES string of the molecule is C#CCCC1(CCC(=O)NCc2ccc(C(=O)O)cc2F)N=N1. The summed E-state index contributed by atoms with van der Waals surface area (Å²) in [6, 6.07) is 3.57. The molecule has 0 radical (unpaired) electrons. The number of nitrogens with zero attached hydrogens (tertiary/aromatic N) is 2. The molecule has 2 N–H and O–H groups in total. The Bertz CT molecular complexity index is 688. The predicted octanol–water partition coefficient (Wildman–Crippen LogP) is 2.50. The van der Waals surface area contributed by atoms with Crippen molar-refractivity contribution >= 4 is 11.9 Å². The van der Waals surface area contributed by atoms with Gasteiger partial charge in [0.25, 0.3) is 0 Å². The summed E-state index contributed by atoms with van der Waals surface area (Å²) in [4.78, 5) is 22.5. The summed E-state index contributed by atoms with van der Waals surface area (Å²) in [7, 11) is 0. The lowest BCUT2D eigenvalue weighted by Gasteiger charge is -2.10. The van der Waals surface area contributed by atoms with Gasteiger partial charge >= 0.3 is 5.97 Å². The summed E-state index contributed by atoms with van der Waals surface area (Å²) in [5.41, 5.74) is -0.422. The predicted molar refractivity (Wildman–Crippen MR) is 80.1 cm³/mol. The van der Waals surface area contributed by atoms with Crippen LogP contribution >= 0.6 is 0 Å². The maximum absolute atomic E-state index is 13.7. The molecule has 7 heteroatoms. The van der Waals surface area contributed by atoms with E-state index in [4.69, 9.17) is 11.5 Å². The summed E-state index contributed by atoms with van der Waals surface area (Å²) in [6.07, 6.45) is 7.06. The van der Waals surface area contributed by atoms with Gasteiger partial charge in [0.15, 0.2) is 5.66 Å². The molecule has 0 atom stereocenters. The topological polar surface area (TPSA) is 91.1 Å². The fourth-order valence-electron chi connectivity index (χ4n) is 2.09. The van der Waals surface area contributed by atoms with Gasteiger partial charge < -0.3 is 10.4 Å². The van der Waals surface area contributed by atoms with E-state index in [0.717, 1.165) is 6.07 Å². The van der Waals surface area contributed by atoms with E-state index in [9.17, 15) is 14.0 Å². The molecule has 2 rings (SSSR count). The Hall–Kier alpha value is -2.75. The van der Waals surface area contributed by atoms with Gasteiger partial charge in [-0.3, -0.25) is 4.79 Å². The van der Waals surface area contributed by atoms with Crippen LogP contribution < -0.4 is 5.32 Å². The maximum atomic E-state index is 13.7. The van der Waals surface area contributed by atoms with Gasteiger partial charge in [-0.15, -0.1) is 12.3 Å². The van der Waals surface area contributed by atoms with Gasteiger partial charge in [0.1, 0.15) is 5.82 Å². The van der Waals surface area contributed by atoms with Crippen LogP contribution in [0.5, 0.6) is 0 Å². The van der Waals surface area contributed by atoms with E-state index >= 15 is 0 Å². The van der Waals surface area contributed by atoms with Crippen molar-refractivity contribution in [2.45, 2.75) is 37.9 Å². The minimum atomic E-state index is -1.20. The Morgan fingerprint density at radius 1 is 1.35 bits per heavy atom. The molecular formula is C16H16FN3O3. The summed E-state index contributed by atoms with van der Waals surface area (Å²) in [5, 5.41) is 19.2. The minimum absolute atomic E-state index is 0.00376. The largest absolute Gasteiger partial charge is 0.478 e. The van der Waals surface area contributed by atoms with Crippen molar-refractivity contribution in [3.8, 4) is 12.3 Å². The Balaban J connectivity index is 1.79. The highest BCUT2D eigenvalue weighted by molar-refractivity contribution is 5.87. The van der Waals surface area contributed by atoms with E-state index in [-0.39, 0.29) is 30.0 Å². The number of hydrogen-bond acceptors (Lipinski definition) is 4. The van der Waals surface area contributed by atoms with Crippen LogP contribution in [0.4, 0.5) is 4.39 Å². The zero-order valence-corrected chi connectivity index (χ0v) is 12.4. The smallest absolute Gasteiger partial charge is 0.335 e. The van der Waals surface area contributed by atoms with Crippen molar-refractivity contribution in [1.82, 2.24) is 5.32 Å². The lowest BCUT2D eigenvalue weighted by molar-refractivity contribution is -0.121. The number of amides is 1. The molecule has 1 aliphatic heterocycles. The molecule has 0 saturated heterocycles. The number of carboxylic acids is 1. The highest BCUT2D eigenvalue weighted by Gasteiger charge is 2.39. The van der Waals surface area contributed by atoms with Gasteiger partial charge in [-0.1, -0.05) is 6.07 Å². The van der Waals surface area contributed by atoms with Crippen molar-refractivity contribution in [3.63, 3.8) is 0 Å². The van der Waals surface area contributed by atoms with Gasteiger partial charge in [-0.2, -0.15) is 10.2 Å². The van der Waals surface area contributed by atoms with Crippen LogP contribution in [0.2, 0.25) is 0 Å². The normalized spacial score (nSPS) is 14.1. The Labute approximate surface area is 132 Å². The maximum Gasteiger partial charge on any atom is 0.335 e. The molecule has 0 saturated carbocycles. The zero-order valence-electron chi connectivity index (χ0n) is 12.4. The second-order valence-corrected chi connectivity index (χ2v) is 5.27. The first kappa shape index (κ1) is 16.6. The number of carboxylic acid groups (broad SMARTS) is 1. The fourth-order valence-corrected chi connectivity index (χ4v) is 2.09. The number of terminal acetylenes is 1. The average molecular weight is 317 g/mol. The third-order valence-corrected chi connectivity index (χ3v) is 3.58. The van der Waals surface area contributed by atoms with Crippen molar-refractivity contribution < 1.29 is 19.1 Å². The lowest BCUT2D eigenvalue weighted by Crippen LogP contribution is -2.25. The average Bonchev–Trinajstić information content (AvgIpc) is 3.30. The number of nitrogens with one attached hydrogen (secondary N) is 1. The monoisotopic (exact) mass is 317 g/mol. The van der Waals surface area contributed by atoms with Crippen LogP contribution in [-0.2, 0) is 11.3 Å². The van der Waals surface area contributed by atoms with Crippen molar-refractivity contribution in [2.75, 3.05) is 0 Å². The first-order chi connectivity index (χ1) is 11.0. The van der Waals surface area contributed by atoms with Crippen LogP contribution in [0.3, 0.4) is 0 Å². The van der Waals surface area contributed by atoms with Gasteiger partial charge in [0.05, 0.1) is 5.56 Å². The van der Waals surface area contributed by atoms with Crippen molar-refractivity contribution in [1.29, 1.82) is 0 Å². The van der Waals surface area contributed by atoms with Gasteiger partial charge in [-0.05, 0) is 12.1 Å². The number of carbonyl (C=O) groups is 2. The molecule has 0 spiro atoms. The Kier molecular flexibility index (Phi) is 5.06. The van der Waals surface area contributed by atoms with Gasteiger partial charge in [-0.25, -0.2) is 9.18 Å². The molecule has 23 heavy (non-hydrogen) atoms. The first-order valence-corrected chi connectivity index (χ1v) is 7.12. The molecular weight excluding hydrogens is 301 g/mol. The van der Waals surface area contributed by atoms with Crippen molar-refractivity contribution in [3.05, 3.63) is 35.1 Å². The third kappa shape index (κ3) is 4.61. The molecule has 0 fully saturated rings. The number of aromatic carboxylic acids is 1. The Morgan fingerprint density at radius 3 is 2.65 bits per heavy atom. The first-order valence-electron chi connectivity index (χ1n) is 7.12. The number of halogens is 1. The molecule has 0 unspecified atom stereocenters. The van der Waals surface area contributed by atoms with Crippen LogP contribution in [-0.4, -0.2) is 22.6 Å². The molecule has 6 nitrogen and oxygen atoms in total. The van der Waals surface area contributed by atoms with Crippen LogP contribution in [0.1, 0.15) is 41.6 Å². The molecule has 120 valence electrons. The van der Waals surface area contributed by atoms with Crippen LogP contribution in [0.25, 0.3) is 0 Å². The minimum Gasteiger partial charge on any atom is -0.478 e. The molecule has 1 aromatic rings. The quantitative estimate of drug-likeness (QED) is 0.722. The number of hydrogen-bond donors (Lipinski definition) is 2. The molecule has 1 heterocycles. The summed E-state index contributed by atoms with van der Waals surface area (Å²) in [6.45, 7) is -0.00376. The van der Waals surface area contributed by atoms with E-state index in [1.54, 1.807) is 0 Å².